The maximum absolute atomic E-state index is 12.6. The number of hydrogen-bond acceptors (Lipinski definition) is 5. The molecular weight excluding hydrogens is 368 g/mol. The van der Waals surface area contributed by atoms with Gasteiger partial charge < -0.3 is 13.9 Å². The van der Waals surface area contributed by atoms with Crippen molar-refractivity contribution in [1.82, 2.24) is 0 Å². The number of methoxy groups -OCH3 is 1. The molecule has 1 aromatic heterocycles. The quantitative estimate of drug-likeness (QED) is 0.472. The molecule has 0 radical (unpaired) electrons. The van der Waals surface area contributed by atoms with E-state index in [1.54, 1.807) is 30.3 Å². The molecule has 3 aromatic rings. The highest BCUT2D eigenvalue weighted by atomic mass is 35.5. The molecular formula is C21H13ClO5. The SMILES string of the molecule is COC(=O)c1ccc2c(c1)C(=O)/C(=C/c1ccc(-c3ccccc3Cl)o1)O2. The Balaban J connectivity index is 1.63. The summed E-state index contributed by atoms with van der Waals surface area (Å²) < 4.78 is 16.1. The van der Waals surface area contributed by atoms with Gasteiger partial charge >= 0.3 is 5.97 Å². The predicted molar refractivity (Wildman–Crippen MR) is 99.9 cm³/mol. The molecule has 0 unspecified atom stereocenters. The van der Waals surface area contributed by atoms with Gasteiger partial charge in [-0.3, -0.25) is 4.79 Å². The number of furan rings is 1. The van der Waals surface area contributed by atoms with E-state index in [1.165, 1.54) is 19.3 Å². The molecule has 6 heteroatoms. The first-order valence-electron chi connectivity index (χ1n) is 8.08. The molecule has 0 saturated carbocycles. The van der Waals surface area contributed by atoms with E-state index in [2.05, 4.69) is 4.74 Å². The van der Waals surface area contributed by atoms with Crippen molar-refractivity contribution in [2.24, 2.45) is 0 Å². The molecule has 134 valence electrons. The number of ketones is 1. The summed E-state index contributed by atoms with van der Waals surface area (Å²) in [5, 5.41) is 0.571. The van der Waals surface area contributed by atoms with Crippen LogP contribution >= 0.6 is 11.6 Å². The second-order valence-electron chi connectivity index (χ2n) is 5.82. The Morgan fingerprint density at radius 3 is 2.67 bits per heavy atom. The molecule has 4 rings (SSSR count). The highest BCUT2D eigenvalue weighted by Crippen LogP contribution is 2.34. The van der Waals surface area contributed by atoms with Crippen LogP contribution in [0.5, 0.6) is 5.75 Å². The third-order valence-corrected chi connectivity index (χ3v) is 4.46. The van der Waals surface area contributed by atoms with Gasteiger partial charge in [0.1, 0.15) is 17.3 Å². The lowest BCUT2D eigenvalue weighted by atomic mass is 10.1. The lowest BCUT2D eigenvalue weighted by Gasteiger charge is -2.00. The summed E-state index contributed by atoms with van der Waals surface area (Å²) >= 11 is 6.18. The third-order valence-electron chi connectivity index (χ3n) is 4.13. The Labute approximate surface area is 159 Å². The average molecular weight is 381 g/mol. The molecule has 0 amide bonds. The number of fused-ring (bicyclic) bond motifs is 1. The topological polar surface area (TPSA) is 65.7 Å². The summed E-state index contributed by atoms with van der Waals surface area (Å²) in [5.41, 5.74) is 1.35. The number of Topliss-reactive ketones (excluding diaryl/α,β-unsaturated/α-hetero) is 1. The lowest BCUT2D eigenvalue weighted by molar-refractivity contribution is 0.0600. The van der Waals surface area contributed by atoms with Gasteiger partial charge in [-0.25, -0.2) is 4.79 Å². The maximum Gasteiger partial charge on any atom is 0.337 e. The lowest BCUT2D eigenvalue weighted by Crippen LogP contribution is -2.02. The van der Waals surface area contributed by atoms with Crippen LogP contribution in [-0.2, 0) is 4.74 Å². The number of hydrogen-bond donors (Lipinski definition) is 0. The normalized spacial score (nSPS) is 14.1. The molecule has 0 fully saturated rings. The van der Waals surface area contributed by atoms with Crippen molar-refractivity contribution in [2.45, 2.75) is 0 Å². The van der Waals surface area contributed by atoms with Gasteiger partial charge in [0.2, 0.25) is 5.78 Å². The van der Waals surface area contributed by atoms with Gasteiger partial charge in [-0.1, -0.05) is 23.7 Å². The molecule has 0 N–H and O–H groups in total. The van der Waals surface area contributed by atoms with Gasteiger partial charge in [-0.05, 0) is 42.5 Å². The van der Waals surface area contributed by atoms with E-state index in [9.17, 15) is 9.59 Å². The third kappa shape index (κ3) is 3.13. The number of carbonyl (C=O) groups is 2. The highest BCUT2D eigenvalue weighted by molar-refractivity contribution is 6.33. The molecule has 1 aliphatic rings. The number of rotatable bonds is 3. The zero-order valence-electron chi connectivity index (χ0n) is 14.2. The van der Waals surface area contributed by atoms with Gasteiger partial charge in [0.15, 0.2) is 5.76 Å². The van der Waals surface area contributed by atoms with E-state index in [0.29, 0.717) is 27.9 Å². The first kappa shape index (κ1) is 17.1. The fraction of sp³-hybridized carbons (Fsp3) is 0.0476. The van der Waals surface area contributed by atoms with Crippen molar-refractivity contribution in [1.29, 1.82) is 0 Å². The Bertz CT molecular complexity index is 1090. The first-order valence-corrected chi connectivity index (χ1v) is 8.46. The van der Waals surface area contributed by atoms with Crippen molar-refractivity contribution in [3.05, 3.63) is 82.3 Å². The van der Waals surface area contributed by atoms with Crippen LogP contribution < -0.4 is 4.74 Å². The molecule has 0 aliphatic carbocycles. The summed E-state index contributed by atoms with van der Waals surface area (Å²) in [6.07, 6.45) is 1.51. The summed E-state index contributed by atoms with van der Waals surface area (Å²) in [6, 6.07) is 15.4. The fourth-order valence-electron chi connectivity index (χ4n) is 2.80. The van der Waals surface area contributed by atoms with Crippen LogP contribution in [0.4, 0.5) is 0 Å². The number of allylic oxidation sites excluding steroid dienone is 1. The first-order chi connectivity index (χ1) is 13.1. The van der Waals surface area contributed by atoms with Gasteiger partial charge in [0.25, 0.3) is 0 Å². The number of halogens is 1. The van der Waals surface area contributed by atoms with E-state index >= 15 is 0 Å². The Morgan fingerprint density at radius 1 is 1.07 bits per heavy atom. The van der Waals surface area contributed by atoms with Crippen LogP contribution in [0.15, 0.2) is 64.8 Å². The molecule has 0 saturated heterocycles. The van der Waals surface area contributed by atoms with E-state index in [1.807, 2.05) is 18.2 Å². The van der Waals surface area contributed by atoms with E-state index in [0.717, 1.165) is 5.56 Å². The van der Waals surface area contributed by atoms with Crippen molar-refractivity contribution < 1.29 is 23.5 Å². The molecule has 27 heavy (non-hydrogen) atoms. The standard InChI is InChI=1S/C21H13ClO5/c1-25-21(24)12-6-8-18-15(10-12)20(23)19(27-18)11-13-7-9-17(26-13)14-4-2-3-5-16(14)22/h2-11H,1H3/b19-11-. The summed E-state index contributed by atoms with van der Waals surface area (Å²) in [6.45, 7) is 0. The smallest absolute Gasteiger partial charge is 0.337 e. The minimum absolute atomic E-state index is 0.118. The molecule has 2 heterocycles. The van der Waals surface area contributed by atoms with Crippen LogP contribution in [0.2, 0.25) is 5.02 Å². The van der Waals surface area contributed by atoms with Gasteiger partial charge in [-0.2, -0.15) is 0 Å². The van der Waals surface area contributed by atoms with Gasteiger partial charge in [0.05, 0.1) is 23.3 Å². The van der Waals surface area contributed by atoms with Gasteiger partial charge in [-0.15, -0.1) is 0 Å². The molecule has 0 atom stereocenters. The molecule has 2 aromatic carbocycles. The van der Waals surface area contributed by atoms with E-state index < -0.39 is 5.97 Å². The van der Waals surface area contributed by atoms with Crippen molar-refractivity contribution >= 4 is 29.4 Å². The minimum Gasteiger partial charge on any atom is -0.465 e. The maximum atomic E-state index is 12.6. The Kier molecular flexibility index (Phi) is 4.30. The Morgan fingerprint density at radius 2 is 1.89 bits per heavy atom. The molecule has 5 nitrogen and oxygen atoms in total. The number of benzene rings is 2. The van der Waals surface area contributed by atoms with Crippen molar-refractivity contribution in [3.8, 4) is 17.1 Å². The number of carbonyl (C=O) groups excluding carboxylic acids is 2. The van der Waals surface area contributed by atoms with Gasteiger partial charge in [0, 0.05) is 11.6 Å². The number of esters is 1. The van der Waals surface area contributed by atoms with E-state index in [-0.39, 0.29) is 17.1 Å². The fourth-order valence-corrected chi connectivity index (χ4v) is 3.03. The second-order valence-corrected chi connectivity index (χ2v) is 6.23. The summed E-state index contributed by atoms with van der Waals surface area (Å²) in [4.78, 5) is 24.2. The monoisotopic (exact) mass is 380 g/mol. The summed E-state index contributed by atoms with van der Waals surface area (Å²) in [7, 11) is 1.28. The minimum atomic E-state index is -0.515. The predicted octanol–water partition coefficient (Wildman–Crippen LogP) is 5.00. The van der Waals surface area contributed by atoms with Crippen LogP contribution in [0.25, 0.3) is 17.4 Å². The average Bonchev–Trinajstić information content (AvgIpc) is 3.26. The zero-order chi connectivity index (χ0) is 19.0. The largest absolute Gasteiger partial charge is 0.465 e. The molecule has 0 bridgehead atoms. The highest BCUT2D eigenvalue weighted by Gasteiger charge is 2.29. The van der Waals surface area contributed by atoms with Crippen LogP contribution in [0, 0.1) is 0 Å². The van der Waals surface area contributed by atoms with Crippen molar-refractivity contribution in [2.75, 3.05) is 7.11 Å². The van der Waals surface area contributed by atoms with Crippen LogP contribution in [0.1, 0.15) is 26.5 Å². The zero-order valence-corrected chi connectivity index (χ0v) is 14.9. The number of ether oxygens (including phenoxy) is 2. The summed E-state index contributed by atoms with van der Waals surface area (Å²) in [5.74, 6) is 0.700. The van der Waals surface area contributed by atoms with Crippen molar-refractivity contribution in [3.63, 3.8) is 0 Å². The van der Waals surface area contributed by atoms with Crippen LogP contribution in [-0.4, -0.2) is 18.9 Å². The van der Waals surface area contributed by atoms with Crippen LogP contribution in [0.3, 0.4) is 0 Å². The molecule has 0 spiro atoms. The second kappa shape index (κ2) is 6.78. The Hall–Kier alpha value is -3.31. The molecule has 1 aliphatic heterocycles. The van der Waals surface area contributed by atoms with E-state index in [4.69, 9.17) is 20.8 Å².